The van der Waals surface area contributed by atoms with Crippen LogP contribution in [-0.2, 0) is 6.54 Å². The molecule has 16 heavy (non-hydrogen) atoms. The molecule has 1 aromatic carbocycles. The van der Waals surface area contributed by atoms with E-state index in [0.29, 0.717) is 6.04 Å². The second kappa shape index (κ2) is 6.97. The highest BCUT2D eigenvalue weighted by molar-refractivity contribution is 7.99. The maximum atomic E-state index is 3.48. The first-order chi connectivity index (χ1) is 7.59. The van der Waals surface area contributed by atoms with E-state index in [4.69, 9.17) is 0 Å². The van der Waals surface area contributed by atoms with Crippen molar-refractivity contribution < 1.29 is 0 Å². The monoisotopic (exact) mass is 237 g/mol. The summed E-state index contributed by atoms with van der Waals surface area (Å²) in [5.74, 6) is 1.94. The van der Waals surface area contributed by atoms with E-state index in [1.807, 2.05) is 11.8 Å². The van der Waals surface area contributed by atoms with Crippen LogP contribution in [0.5, 0.6) is 0 Å². The van der Waals surface area contributed by atoms with E-state index in [-0.39, 0.29) is 0 Å². The van der Waals surface area contributed by atoms with E-state index in [0.717, 1.165) is 12.5 Å². The average Bonchev–Trinajstić information content (AvgIpc) is 2.24. The highest BCUT2D eigenvalue weighted by atomic mass is 32.2. The van der Waals surface area contributed by atoms with Gasteiger partial charge in [-0.25, -0.2) is 0 Å². The molecule has 2 heteroatoms. The molecule has 0 saturated carbocycles. The Morgan fingerprint density at radius 3 is 2.44 bits per heavy atom. The molecule has 1 rings (SSSR count). The lowest BCUT2D eigenvalue weighted by Crippen LogP contribution is -2.22. The van der Waals surface area contributed by atoms with Crippen LogP contribution in [0.1, 0.15) is 33.3 Å². The zero-order valence-corrected chi connectivity index (χ0v) is 11.6. The molecule has 0 fully saturated rings. The Morgan fingerprint density at radius 2 is 1.81 bits per heavy atom. The van der Waals surface area contributed by atoms with Gasteiger partial charge in [0.25, 0.3) is 0 Å². The molecule has 0 saturated heterocycles. The van der Waals surface area contributed by atoms with Crippen molar-refractivity contribution in [2.45, 2.75) is 45.2 Å². The summed E-state index contributed by atoms with van der Waals surface area (Å²) in [6, 6.07) is 9.24. The lowest BCUT2D eigenvalue weighted by Gasteiger charge is -2.13. The maximum Gasteiger partial charge on any atom is 0.0218 e. The van der Waals surface area contributed by atoms with E-state index < -0.39 is 0 Å². The molecule has 0 aromatic heterocycles. The third kappa shape index (κ3) is 5.04. The van der Waals surface area contributed by atoms with Gasteiger partial charge < -0.3 is 5.32 Å². The fourth-order valence-electron chi connectivity index (χ4n) is 1.36. The molecule has 1 N–H and O–H groups in total. The molecule has 0 unspecified atom stereocenters. The van der Waals surface area contributed by atoms with Crippen molar-refractivity contribution in [2.75, 3.05) is 5.75 Å². The number of hydrogen-bond donors (Lipinski definition) is 1. The summed E-state index contributed by atoms with van der Waals surface area (Å²) < 4.78 is 0. The van der Waals surface area contributed by atoms with Gasteiger partial charge in [-0.2, -0.15) is 0 Å². The van der Waals surface area contributed by atoms with Crippen LogP contribution < -0.4 is 5.32 Å². The molecule has 0 aliphatic rings. The van der Waals surface area contributed by atoms with E-state index in [1.165, 1.54) is 16.2 Å². The van der Waals surface area contributed by atoms with Crippen LogP contribution in [0.4, 0.5) is 0 Å². The van der Waals surface area contributed by atoms with E-state index in [1.54, 1.807) is 0 Å². The summed E-state index contributed by atoms with van der Waals surface area (Å²) in [7, 11) is 0. The fraction of sp³-hybridized carbons (Fsp3) is 0.571. The first kappa shape index (κ1) is 13.6. The highest BCUT2D eigenvalue weighted by Crippen LogP contribution is 2.24. The summed E-state index contributed by atoms with van der Waals surface area (Å²) in [5.41, 5.74) is 1.42. The van der Waals surface area contributed by atoms with Crippen molar-refractivity contribution >= 4 is 11.8 Å². The van der Waals surface area contributed by atoms with Crippen molar-refractivity contribution in [2.24, 2.45) is 5.92 Å². The Morgan fingerprint density at radius 1 is 1.12 bits per heavy atom. The normalized spacial score (nSPS) is 11.4. The Bertz CT molecular complexity index is 276. The van der Waals surface area contributed by atoms with Gasteiger partial charge in [-0.1, -0.05) is 45.9 Å². The topological polar surface area (TPSA) is 12.0 Å². The third-order valence-corrected chi connectivity index (χ3v) is 3.79. The van der Waals surface area contributed by atoms with Gasteiger partial charge in [-0.05, 0) is 17.5 Å². The molecule has 0 heterocycles. The van der Waals surface area contributed by atoms with Crippen LogP contribution in [-0.4, -0.2) is 11.8 Å². The quantitative estimate of drug-likeness (QED) is 0.752. The highest BCUT2D eigenvalue weighted by Gasteiger charge is 2.04. The summed E-state index contributed by atoms with van der Waals surface area (Å²) in [5, 5.41) is 3.48. The SMILES string of the molecule is CC(C)CSc1ccccc1CNC(C)C. The van der Waals surface area contributed by atoms with E-state index in [2.05, 4.69) is 57.3 Å². The van der Waals surface area contributed by atoms with Gasteiger partial charge in [0.05, 0.1) is 0 Å². The second-order valence-electron chi connectivity index (χ2n) is 4.85. The van der Waals surface area contributed by atoms with Gasteiger partial charge in [0, 0.05) is 23.2 Å². The molecular weight excluding hydrogens is 214 g/mol. The Labute approximate surface area is 104 Å². The predicted molar refractivity (Wildman–Crippen MR) is 74.0 cm³/mol. The van der Waals surface area contributed by atoms with Gasteiger partial charge in [0.2, 0.25) is 0 Å². The third-order valence-electron chi connectivity index (χ3n) is 2.25. The van der Waals surface area contributed by atoms with Crippen LogP contribution >= 0.6 is 11.8 Å². The molecule has 0 radical (unpaired) electrons. The van der Waals surface area contributed by atoms with Crippen molar-refractivity contribution in [1.82, 2.24) is 5.32 Å². The van der Waals surface area contributed by atoms with Crippen molar-refractivity contribution in [3.8, 4) is 0 Å². The van der Waals surface area contributed by atoms with Gasteiger partial charge >= 0.3 is 0 Å². The van der Waals surface area contributed by atoms with Gasteiger partial charge in [0.1, 0.15) is 0 Å². The summed E-state index contributed by atoms with van der Waals surface area (Å²) in [6.45, 7) is 9.87. The fourth-order valence-corrected chi connectivity index (χ4v) is 2.37. The molecule has 1 aromatic rings. The Kier molecular flexibility index (Phi) is 5.93. The number of hydrogen-bond acceptors (Lipinski definition) is 2. The largest absolute Gasteiger partial charge is 0.310 e. The molecule has 0 amide bonds. The molecular formula is C14H23NS. The number of nitrogens with one attached hydrogen (secondary N) is 1. The molecule has 90 valence electrons. The first-order valence-electron chi connectivity index (χ1n) is 6.03. The van der Waals surface area contributed by atoms with Crippen molar-refractivity contribution in [1.29, 1.82) is 0 Å². The lowest BCUT2D eigenvalue weighted by molar-refractivity contribution is 0.584. The van der Waals surface area contributed by atoms with Crippen molar-refractivity contribution in [3.05, 3.63) is 29.8 Å². The minimum atomic E-state index is 0.545. The van der Waals surface area contributed by atoms with E-state index >= 15 is 0 Å². The summed E-state index contributed by atoms with van der Waals surface area (Å²) in [4.78, 5) is 1.42. The molecule has 1 nitrogen and oxygen atoms in total. The van der Waals surface area contributed by atoms with Crippen LogP contribution in [0.25, 0.3) is 0 Å². The Hall–Kier alpha value is -0.470. The van der Waals surface area contributed by atoms with Crippen LogP contribution in [0.3, 0.4) is 0 Å². The lowest BCUT2D eigenvalue weighted by atomic mass is 10.2. The van der Waals surface area contributed by atoms with Crippen molar-refractivity contribution in [3.63, 3.8) is 0 Å². The molecule has 0 aliphatic heterocycles. The molecule has 0 spiro atoms. The number of thioether (sulfide) groups is 1. The predicted octanol–water partition coefficient (Wildman–Crippen LogP) is 3.93. The zero-order valence-electron chi connectivity index (χ0n) is 10.8. The molecule has 0 bridgehead atoms. The smallest absolute Gasteiger partial charge is 0.0218 e. The standard InChI is InChI=1S/C14H23NS/c1-11(2)10-16-14-8-6-5-7-13(14)9-15-12(3)4/h5-8,11-12,15H,9-10H2,1-4H3. The maximum absolute atomic E-state index is 3.48. The molecule has 0 atom stereocenters. The van der Waals surface area contributed by atoms with E-state index in [9.17, 15) is 0 Å². The van der Waals surface area contributed by atoms with Gasteiger partial charge in [-0.3, -0.25) is 0 Å². The Balaban J connectivity index is 2.60. The van der Waals surface area contributed by atoms with Gasteiger partial charge in [0.15, 0.2) is 0 Å². The van der Waals surface area contributed by atoms with Crippen LogP contribution in [0.15, 0.2) is 29.2 Å². The second-order valence-corrected chi connectivity index (χ2v) is 5.91. The summed E-state index contributed by atoms with van der Waals surface area (Å²) in [6.07, 6.45) is 0. The first-order valence-corrected chi connectivity index (χ1v) is 7.02. The zero-order chi connectivity index (χ0) is 12.0. The van der Waals surface area contributed by atoms with Crippen LogP contribution in [0.2, 0.25) is 0 Å². The number of rotatable bonds is 6. The average molecular weight is 237 g/mol. The minimum Gasteiger partial charge on any atom is -0.310 e. The molecule has 0 aliphatic carbocycles. The van der Waals surface area contributed by atoms with Crippen LogP contribution in [0, 0.1) is 5.92 Å². The number of benzene rings is 1. The summed E-state index contributed by atoms with van der Waals surface area (Å²) >= 11 is 1.97. The minimum absolute atomic E-state index is 0.545. The van der Waals surface area contributed by atoms with Gasteiger partial charge in [-0.15, -0.1) is 11.8 Å².